The average molecular weight is 468 g/mol. The summed E-state index contributed by atoms with van der Waals surface area (Å²) in [5, 5.41) is 0. The van der Waals surface area contributed by atoms with Gasteiger partial charge in [-0.25, -0.2) is 12.8 Å². The van der Waals surface area contributed by atoms with Gasteiger partial charge in [-0.2, -0.15) is 0 Å². The van der Waals surface area contributed by atoms with Gasteiger partial charge in [0, 0.05) is 30.9 Å². The number of piperazine rings is 1. The Hall–Kier alpha value is -3.23. The number of rotatable bonds is 5. The van der Waals surface area contributed by atoms with Crippen molar-refractivity contribution in [2.45, 2.75) is 17.9 Å². The van der Waals surface area contributed by atoms with Crippen molar-refractivity contribution in [3.63, 3.8) is 0 Å². The van der Waals surface area contributed by atoms with E-state index in [0.29, 0.717) is 24.2 Å². The van der Waals surface area contributed by atoms with E-state index < -0.39 is 15.8 Å². The van der Waals surface area contributed by atoms with Crippen LogP contribution in [0.3, 0.4) is 0 Å². The van der Waals surface area contributed by atoms with Crippen LogP contribution in [0.4, 0.5) is 10.1 Å². The zero-order valence-corrected chi connectivity index (χ0v) is 19.3. The number of nitrogens with zero attached hydrogens (tertiary/aromatic N) is 2. The summed E-state index contributed by atoms with van der Waals surface area (Å²) in [5.74, 6) is -0.761. The fourth-order valence-electron chi connectivity index (χ4n) is 3.96. The number of halogens is 1. The highest BCUT2D eigenvalue weighted by molar-refractivity contribution is 7.92. The zero-order valence-electron chi connectivity index (χ0n) is 18.5. The third-order valence-electron chi connectivity index (χ3n) is 5.84. The highest BCUT2D eigenvalue weighted by atomic mass is 32.2. The average Bonchev–Trinajstić information content (AvgIpc) is 2.81. The number of amides is 1. The minimum Gasteiger partial charge on any atom is -0.329 e. The van der Waals surface area contributed by atoms with E-state index in [-0.39, 0.29) is 22.5 Å². The van der Waals surface area contributed by atoms with Crippen molar-refractivity contribution in [1.82, 2.24) is 9.80 Å². The maximum atomic E-state index is 13.9. The Bertz CT molecular complexity index is 1260. The van der Waals surface area contributed by atoms with Gasteiger partial charge in [-0.05, 0) is 55.4 Å². The maximum Gasteiger partial charge on any atom is 0.261 e. The van der Waals surface area contributed by atoms with Crippen LogP contribution < -0.4 is 4.72 Å². The van der Waals surface area contributed by atoms with Crippen molar-refractivity contribution in [3.8, 4) is 0 Å². The van der Waals surface area contributed by atoms with Gasteiger partial charge in [-0.1, -0.05) is 42.5 Å². The summed E-state index contributed by atoms with van der Waals surface area (Å²) in [4.78, 5) is 17.3. The molecule has 1 heterocycles. The summed E-state index contributed by atoms with van der Waals surface area (Å²) in [6.45, 7) is 3.59. The molecule has 1 saturated heterocycles. The van der Waals surface area contributed by atoms with E-state index >= 15 is 0 Å². The van der Waals surface area contributed by atoms with Gasteiger partial charge in [0.1, 0.15) is 5.82 Å². The highest BCUT2D eigenvalue weighted by Gasteiger charge is 2.31. The van der Waals surface area contributed by atoms with Crippen LogP contribution >= 0.6 is 0 Å². The molecule has 1 fully saturated rings. The van der Waals surface area contributed by atoms with E-state index in [4.69, 9.17) is 0 Å². The summed E-state index contributed by atoms with van der Waals surface area (Å²) in [6.07, 6.45) is 0. The van der Waals surface area contributed by atoms with Crippen LogP contribution in [-0.2, 0) is 10.0 Å². The standard InChI is InChI=1S/C25H26FN3O3S/c1-18-11-12-22(16-23(18)26)33(31,32)27-21-10-6-9-20(15-21)25(30)29-14-13-28(2)17-24(29)19-7-4-3-5-8-19/h3-12,15-16,24,27H,13-14,17H2,1-2H3/t24-/m0/s1. The number of aryl methyl sites for hydroxylation is 1. The molecule has 0 aromatic heterocycles. The zero-order chi connectivity index (χ0) is 23.6. The molecule has 0 saturated carbocycles. The van der Waals surface area contributed by atoms with Gasteiger partial charge in [0.25, 0.3) is 15.9 Å². The Labute approximate surface area is 193 Å². The Kier molecular flexibility index (Phi) is 6.49. The number of anilines is 1. The molecule has 0 unspecified atom stereocenters. The van der Waals surface area contributed by atoms with Gasteiger partial charge in [0.2, 0.25) is 0 Å². The predicted octanol–water partition coefficient (Wildman–Crippen LogP) is 4.06. The second kappa shape index (κ2) is 9.33. The van der Waals surface area contributed by atoms with Crippen LogP contribution in [0.25, 0.3) is 0 Å². The first-order valence-electron chi connectivity index (χ1n) is 10.7. The van der Waals surface area contributed by atoms with Crippen molar-refractivity contribution in [3.05, 3.63) is 95.3 Å². The normalized spacial score (nSPS) is 17.1. The molecule has 1 aliphatic heterocycles. The number of carbonyl (C=O) groups is 1. The number of likely N-dealkylation sites (N-methyl/N-ethyl adjacent to an activating group) is 1. The van der Waals surface area contributed by atoms with Crippen LogP contribution in [0, 0.1) is 12.7 Å². The maximum absolute atomic E-state index is 13.9. The molecule has 0 spiro atoms. The van der Waals surface area contributed by atoms with E-state index in [1.54, 1.807) is 25.1 Å². The second-order valence-corrected chi connectivity index (χ2v) is 9.97. The Morgan fingerprint density at radius 1 is 1.00 bits per heavy atom. The van der Waals surface area contributed by atoms with E-state index in [1.807, 2.05) is 42.3 Å². The summed E-state index contributed by atoms with van der Waals surface area (Å²) in [6, 6.07) is 19.9. The summed E-state index contributed by atoms with van der Waals surface area (Å²) in [7, 11) is -1.97. The van der Waals surface area contributed by atoms with Gasteiger partial charge < -0.3 is 9.80 Å². The molecule has 3 aromatic rings. The fraction of sp³-hybridized carbons (Fsp3) is 0.240. The van der Waals surface area contributed by atoms with Gasteiger partial charge in [-0.3, -0.25) is 9.52 Å². The lowest BCUT2D eigenvalue weighted by Crippen LogP contribution is -2.49. The van der Waals surface area contributed by atoms with Gasteiger partial charge in [0.15, 0.2) is 0 Å². The number of nitrogens with one attached hydrogen (secondary N) is 1. The van der Waals surface area contributed by atoms with Crippen LogP contribution in [0.5, 0.6) is 0 Å². The number of carbonyl (C=O) groups excluding carboxylic acids is 1. The molecular formula is C25H26FN3O3S. The van der Waals surface area contributed by atoms with E-state index in [2.05, 4.69) is 9.62 Å². The molecule has 1 atom stereocenters. The van der Waals surface area contributed by atoms with E-state index in [0.717, 1.165) is 18.2 Å². The minimum absolute atomic E-state index is 0.103. The van der Waals surface area contributed by atoms with Crippen LogP contribution in [0.1, 0.15) is 27.5 Å². The van der Waals surface area contributed by atoms with Crippen LogP contribution in [0.15, 0.2) is 77.7 Å². The SMILES string of the molecule is Cc1ccc(S(=O)(=O)Nc2cccc(C(=O)N3CCN(C)C[C@H]3c3ccccc3)c2)cc1F. The molecule has 8 heteroatoms. The Balaban J connectivity index is 1.59. The van der Waals surface area contributed by atoms with Crippen molar-refractivity contribution in [2.24, 2.45) is 0 Å². The first-order valence-corrected chi connectivity index (χ1v) is 12.2. The first kappa shape index (κ1) is 22.9. The molecular weight excluding hydrogens is 441 g/mol. The van der Waals surface area contributed by atoms with Crippen molar-refractivity contribution in [2.75, 3.05) is 31.4 Å². The monoisotopic (exact) mass is 467 g/mol. The molecule has 3 aromatic carbocycles. The lowest BCUT2D eigenvalue weighted by Gasteiger charge is -2.40. The smallest absolute Gasteiger partial charge is 0.261 e. The quantitative estimate of drug-likeness (QED) is 0.614. The molecule has 172 valence electrons. The third-order valence-corrected chi connectivity index (χ3v) is 7.22. The number of benzene rings is 3. The third kappa shape index (κ3) is 5.07. The Morgan fingerprint density at radius 2 is 1.76 bits per heavy atom. The molecule has 4 rings (SSSR count). The van der Waals surface area contributed by atoms with Crippen LogP contribution in [0.2, 0.25) is 0 Å². The van der Waals surface area contributed by atoms with Crippen molar-refractivity contribution < 1.29 is 17.6 Å². The lowest BCUT2D eigenvalue weighted by molar-refractivity contribution is 0.0498. The fourth-order valence-corrected chi connectivity index (χ4v) is 5.02. The largest absolute Gasteiger partial charge is 0.329 e. The molecule has 0 bridgehead atoms. The second-order valence-electron chi connectivity index (χ2n) is 8.28. The van der Waals surface area contributed by atoms with Crippen molar-refractivity contribution in [1.29, 1.82) is 0 Å². The van der Waals surface area contributed by atoms with E-state index in [9.17, 15) is 17.6 Å². The summed E-state index contributed by atoms with van der Waals surface area (Å²) in [5.41, 5.74) is 2.04. The molecule has 0 aliphatic carbocycles. The van der Waals surface area contributed by atoms with Gasteiger partial charge in [0.05, 0.1) is 10.9 Å². The minimum atomic E-state index is -4.00. The summed E-state index contributed by atoms with van der Waals surface area (Å²) < 4.78 is 41.8. The molecule has 0 radical (unpaired) electrons. The molecule has 1 amide bonds. The topological polar surface area (TPSA) is 69.7 Å². The number of hydrogen-bond acceptors (Lipinski definition) is 4. The summed E-state index contributed by atoms with van der Waals surface area (Å²) >= 11 is 0. The Morgan fingerprint density at radius 3 is 2.48 bits per heavy atom. The number of hydrogen-bond donors (Lipinski definition) is 1. The lowest BCUT2D eigenvalue weighted by atomic mass is 10.0. The van der Waals surface area contributed by atoms with E-state index in [1.165, 1.54) is 18.2 Å². The van der Waals surface area contributed by atoms with Crippen molar-refractivity contribution >= 4 is 21.6 Å². The molecule has 33 heavy (non-hydrogen) atoms. The first-order chi connectivity index (χ1) is 15.7. The van der Waals surface area contributed by atoms with Gasteiger partial charge >= 0.3 is 0 Å². The molecule has 6 nitrogen and oxygen atoms in total. The molecule has 1 aliphatic rings. The number of sulfonamides is 1. The predicted molar refractivity (Wildman–Crippen MR) is 126 cm³/mol. The highest BCUT2D eigenvalue weighted by Crippen LogP contribution is 2.27. The molecule has 1 N–H and O–H groups in total. The van der Waals surface area contributed by atoms with Gasteiger partial charge in [-0.15, -0.1) is 0 Å². The van der Waals surface area contributed by atoms with Crippen LogP contribution in [-0.4, -0.2) is 50.8 Å².